The number of nitrogens with zero attached hydrogens (tertiary/aromatic N) is 5. The monoisotopic (exact) mass is 448 g/mol. The summed E-state index contributed by atoms with van der Waals surface area (Å²) in [5.74, 6) is -0.371. The van der Waals surface area contributed by atoms with Crippen LogP contribution in [0.25, 0.3) is 11.1 Å². The first-order valence-corrected chi connectivity index (χ1v) is 10.5. The Hall–Kier alpha value is -3.93. The molecular weight excluding hydrogens is 423 g/mol. The zero-order valence-corrected chi connectivity index (χ0v) is 19.2. The number of benzene rings is 1. The molecule has 3 aromatic rings. The number of aromatic nitrogens is 3. The minimum atomic E-state index is -0.681. The first-order chi connectivity index (χ1) is 15.5. The van der Waals surface area contributed by atoms with Crippen molar-refractivity contribution in [1.82, 2.24) is 19.7 Å². The first-order valence-electron chi connectivity index (χ1n) is 10.5. The van der Waals surface area contributed by atoms with Crippen molar-refractivity contribution >= 4 is 11.7 Å². The normalized spacial score (nSPS) is 16.1. The smallest absolute Gasteiger partial charge is 0.254 e. The van der Waals surface area contributed by atoms with Crippen LogP contribution in [0, 0.1) is 17.1 Å². The average molecular weight is 449 g/mol. The molecule has 0 spiro atoms. The van der Waals surface area contributed by atoms with Crippen molar-refractivity contribution in [3.8, 4) is 22.9 Å². The molecule has 0 saturated carbocycles. The number of ether oxygens (including phenoxy) is 1. The highest BCUT2D eigenvalue weighted by molar-refractivity contribution is 5.95. The van der Waals surface area contributed by atoms with Gasteiger partial charge in [-0.25, -0.2) is 14.1 Å². The van der Waals surface area contributed by atoms with Crippen LogP contribution < -0.4 is 10.5 Å². The summed E-state index contributed by atoms with van der Waals surface area (Å²) in [7, 11) is 1.64. The molecule has 2 aromatic heterocycles. The minimum absolute atomic E-state index is 0.137. The van der Waals surface area contributed by atoms with E-state index in [1.165, 1.54) is 23.1 Å². The molecule has 2 bridgehead atoms. The molecule has 33 heavy (non-hydrogen) atoms. The van der Waals surface area contributed by atoms with Gasteiger partial charge in [-0.15, -0.1) is 0 Å². The van der Waals surface area contributed by atoms with E-state index in [1.807, 2.05) is 20.8 Å². The SMILES string of the molecule is C[C@H]1Oc2cc(cnc2N)-c2c(nn(C(C)(C)C)c2C#N)CN(C)C(=O)c2ccc(F)cc21. The van der Waals surface area contributed by atoms with Crippen molar-refractivity contribution in [2.75, 3.05) is 12.8 Å². The van der Waals surface area contributed by atoms with Gasteiger partial charge in [-0.2, -0.15) is 10.4 Å². The zero-order chi connectivity index (χ0) is 24.1. The molecule has 1 amide bonds. The van der Waals surface area contributed by atoms with Crippen molar-refractivity contribution in [3.63, 3.8) is 0 Å². The number of rotatable bonds is 0. The number of nitriles is 1. The van der Waals surface area contributed by atoms with Crippen molar-refractivity contribution in [3.05, 3.63) is 58.8 Å². The van der Waals surface area contributed by atoms with Crippen LogP contribution in [0.5, 0.6) is 5.75 Å². The Bertz CT molecular complexity index is 1300. The number of anilines is 1. The van der Waals surface area contributed by atoms with Crippen LogP contribution in [0.15, 0.2) is 30.5 Å². The highest BCUT2D eigenvalue weighted by Gasteiger charge is 2.30. The molecule has 0 fully saturated rings. The molecule has 1 aromatic carbocycles. The molecule has 8 nitrogen and oxygen atoms in total. The third-order valence-electron chi connectivity index (χ3n) is 5.59. The van der Waals surface area contributed by atoms with Crippen molar-refractivity contribution < 1.29 is 13.9 Å². The van der Waals surface area contributed by atoms with Crippen LogP contribution in [-0.2, 0) is 12.1 Å². The van der Waals surface area contributed by atoms with Crippen LogP contribution in [-0.4, -0.2) is 32.6 Å². The highest BCUT2D eigenvalue weighted by Crippen LogP contribution is 2.37. The lowest BCUT2D eigenvalue weighted by Gasteiger charge is -2.23. The van der Waals surface area contributed by atoms with E-state index >= 15 is 0 Å². The summed E-state index contributed by atoms with van der Waals surface area (Å²) in [5.41, 5.74) is 8.35. The number of carbonyl (C=O) groups is 1. The lowest BCUT2D eigenvalue weighted by atomic mass is 10.00. The molecule has 1 atom stereocenters. The fourth-order valence-electron chi connectivity index (χ4n) is 3.97. The van der Waals surface area contributed by atoms with Crippen LogP contribution in [0.3, 0.4) is 0 Å². The summed E-state index contributed by atoms with van der Waals surface area (Å²) in [6, 6.07) is 7.94. The van der Waals surface area contributed by atoms with Crippen molar-refractivity contribution in [1.29, 1.82) is 5.26 Å². The maximum absolute atomic E-state index is 14.1. The fraction of sp³-hybridized carbons (Fsp3) is 0.333. The molecule has 0 radical (unpaired) electrons. The quantitative estimate of drug-likeness (QED) is 0.556. The van der Waals surface area contributed by atoms with Crippen LogP contribution in [0.2, 0.25) is 0 Å². The van der Waals surface area contributed by atoms with E-state index in [-0.39, 0.29) is 24.0 Å². The molecule has 1 aliphatic heterocycles. The lowest BCUT2D eigenvalue weighted by molar-refractivity contribution is 0.0778. The largest absolute Gasteiger partial charge is 0.482 e. The van der Waals surface area contributed by atoms with Gasteiger partial charge in [0.1, 0.15) is 23.7 Å². The van der Waals surface area contributed by atoms with Gasteiger partial charge >= 0.3 is 0 Å². The second-order valence-electron chi connectivity index (χ2n) is 9.12. The van der Waals surface area contributed by atoms with E-state index in [9.17, 15) is 14.4 Å². The predicted molar refractivity (Wildman–Crippen MR) is 121 cm³/mol. The van der Waals surface area contributed by atoms with E-state index < -0.39 is 17.5 Å². The summed E-state index contributed by atoms with van der Waals surface area (Å²) in [5, 5.41) is 14.7. The molecule has 0 unspecified atom stereocenters. The average Bonchev–Trinajstić information content (AvgIpc) is 3.12. The van der Waals surface area contributed by atoms with Crippen molar-refractivity contribution in [2.45, 2.75) is 45.9 Å². The summed E-state index contributed by atoms with van der Waals surface area (Å²) in [4.78, 5) is 19.1. The maximum Gasteiger partial charge on any atom is 0.254 e. The number of halogens is 1. The first kappa shape index (κ1) is 22.3. The molecule has 170 valence electrons. The summed E-state index contributed by atoms with van der Waals surface area (Å²) in [6.45, 7) is 7.68. The molecular formula is C24H25FN6O2. The van der Waals surface area contributed by atoms with Crippen LogP contribution in [0.1, 0.15) is 61.1 Å². The Morgan fingerprint density at radius 3 is 2.70 bits per heavy atom. The van der Waals surface area contributed by atoms with Gasteiger partial charge in [0.2, 0.25) is 0 Å². The number of pyridine rings is 1. The van der Waals surface area contributed by atoms with Gasteiger partial charge in [0, 0.05) is 35.5 Å². The Morgan fingerprint density at radius 1 is 1.30 bits per heavy atom. The number of nitrogens with two attached hydrogens (primary N) is 1. The second-order valence-corrected chi connectivity index (χ2v) is 9.12. The van der Waals surface area contributed by atoms with Crippen molar-refractivity contribution in [2.24, 2.45) is 0 Å². The molecule has 2 N–H and O–H groups in total. The van der Waals surface area contributed by atoms with Gasteiger partial charge in [0.25, 0.3) is 5.91 Å². The molecule has 0 saturated heterocycles. The fourth-order valence-corrected chi connectivity index (χ4v) is 3.97. The topological polar surface area (TPSA) is 110 Å². The molecule has 0 aliphatic carbocycles. The van der Waals surface area contributed by atoms with Crippen LogP contribution >= 0.6 is 0 Å². The lowest BCUT2D eigenvalue weighted by Crippen LogP contribution is -2.29. The van der Waals surface area contributed by atoms with E-state index in [1.54, 1.807) is 30.9 Å². The number of hydrogen-bond acceptors (Lipinski definition) is 6. The van der Waals surface area contributed by atoms with E-state index in [0.29, 0.717) is 33.6 Å². The van der Waals surface area contributed by atoms with Gasteiger partial charge in [0.15, 0.2) is 11.6 Å². The summed E-state index contributed by atoms with van der Waals surface area (Å²) >= 11 is 0. The maximum atomic E-state index is 14.1. The number of amides is 1. The molecule has 3 heterocycles. The van der Waals surface area contributed by atoms with Gasteiger partial charge < -0.3 is 15.4 Å². The number of fused-ring (bicyclic) bond motifs is 5. The number of nitrogen functional groups attached to an aromatic ring is 1. The van der Waals surface area contributed by atoms with E-state index in [2.05, 4.69) is 11.1 Å². The molecule has 1 aliphatic rings. The van der Waals surface area contributed by atoms with Gasteiger partial charge in [-0.3, -0.25) is 4.79 Å². The van der Waals surface area contributed by atoms with Crippen LogP contribution in [0.4, 0.5) is 10.2 Å². The highest BCUT2D eigenvalue weighted by atomic mass is 19.1. The summed E-state index contributed by atoms with van der Waals surface area (Å²) in [6.07, 6.45) is 0.877. The number of carbonyl (C=O) groups excluding carboxylic acids is 1. The number of hydrogen-bond donors (Lipinski definition) is 1. The molecule has 4 rings (SSSR count). The van der Waals surface area contributed by atoms with Gasteiger partial charge in [-0.1, -0.05) is 0 Å². The third kappa shape index (κ3) is 3.89. The predicted octanol–water partition coefficient (Wildman–Crippen LogP) is 4.02. The van der Waals surface area contributed by atoms with E-state index in [4.69, 9.17) is 15.6 Å². The second kappa shape index (κ2) is 7.89. The Kier molecular flexibility index (Phi) is 5.32. The van der Waals surface area contributed by atoms with E-state index in [0.717, 1.165) is 0 Å². The van der Waals surface area contributed by atoms with Gasteiger partial charge in [-0.05, 0) is 52.0 Å². The standard InChI is InChI=1S/C24H25FN6O2/c1-13-17-9-15(25)6-7-16(17)23(32)30(5)12-18-21(14-8-20(33-13)22(27)28-11-14)19(10-26)31(29-18)24(2,3)4/h6-9,11,13H,12H2,1-5H3,(H2,27,28)/t13-/m1/s1. The Labute approximate surface area is 191 Å². The van der Waals surface area contributed by atoms with Gasteiger partial charge in [0.05, 0.1) is 17.8 Å². The Balaban J connectivity index is 2.01. The molecule has 9 heteroatoms. The third-order valence-corrected chi connectivity index (χ3v) is 5.59. The summed E-state index contributed by atoms with van der Waals surface area (Å²) < 4.78 is 21.8. The zero-order valence-electron chi connectivity index (χ0n) is 19.2. The minimum Gasteiger partial charge on any atom is -0.482 e. The Morgan fingerprint density at radius 2 is 2.03 bits per heavy atom.